The molecule has 37 heavy (non-hydrogen) atoms. The number of hydrogen-bond donors (Lipinski definition) is 1. The number of anilines is 1. The summed E-state index contributed by atoms with van der Waals surface area (Å²) in [6.07, 6.45) is 1.46. The van der Waals surface area contributed by atoms with Crippen LogP contribution in [0.4, 0.5) is 5.82 Å². The fourth-order valence-corrected chi connectivity index (χ4v) is 4.78. The molecule has 8 nitrogen and oxygen atoms in total. The van der Waals surface area contributed by atoms with Crippen molar-refractivity contribution in [3.05, 3.63) is 66.0 Å². The van der Waals surface area contributed by atoms with Crippen molar-refractivity contribution in [2.24, 2.45) is 0 Å². The predicted octanol–water partition coefficient (Wildman–Crippen LogP) is 4.12. The van der Waals surface area contributed by atoms with E-state index in [1.165, 1.54) is 0 Å². The van der Waals surface area contributed by atoms with Crippen molar-refractivity contribution < 1.29 is 9.53 Å². The number of amides is 1. The minimum Gasteiger partial charge on any atom is -0.384 e. The van der Waals surface area contributed by atoms with E-state index in [9.17, 15) is 4.79 Å². The van der Waals surface area contributed by atoms with Crippen molar-refractivity contribution in [2.75, 3.05) is 45.6 Å². The molecule has 4 aromatic rings. The van der Waals surface area contributed by atoms with E-state index in [2.05, 4.69) is 46.5 Å². The largest absolute Gasteiger partial charge is 0.384 e. The molecule has 0 radical (unpaired) electrons. The van der Waals surface area contributed by atoms with E-state index in [-0.39, 0.29) is 5.91 Å². The number of para-hydroxylation sites is 1. The first-order valence-corrected chi connectivity index (χ1v) is 13.1. The number of ether oxygens (including phenoxy) is 1. The Kier molecular flexibility index (Phi) is 9.09. The fraction of sp³-hybridized carbons (Fsp3) is 0.414. The van der Waals surface area contributed by atoms with E-state index < -0.39 is 0 Å². The Morgan fingerprint density at radius 3 is 2.49 bits per heavy atom. The highest BCUT2D eigenvalue weighted by molar-refractivity contribution is 6.06. The molecule has 0 saturated carbocycles. The highest BCUT2D eigenvalue weighted by Gasteiger charge is 2.19. The minimum atomic E-state index is 0.154. The lowest BCUT2D eigenvalue weighted by Gasteiger charge is -2.27. The van der Waals surface area contributed by atoms with Crippen LogP contribution in [0.25, 0.3) is 21.9 Å². The van der Waals surface area contributed by atoms with E-state index in [1.54, 1.807) is 7.11 Å². The summed E-state index contributed by atoms with van der Waals surface area (Å²) < 4.78 is 7.60. The number of aryl methyl sites for hydroxylation is 1. The van der Waals surface area contributed by atoms with Gasteiger partial charge in [-0.2, -0.15) is 0 Å². The third-order valence-corrected chi connectivity index (χ3v) is 6.85. The molecule has 4 rings (SSSR count). The summed E-state index contributed by atoms with van der Waals surface area (Å²) in [5.74, 6) is 1.51. The zero-order valence-corrected chi connectivity index (χ0v) is 22.2. The molecule has 0 aliphatic carbocycles. The highest BCUT2D eigenvalue weighted by atomic mass is 16.5. The summed E-state index contributed by atoms with van der Waals surface area (Å²) in [7, 11) is 1.70. The van der Waals surface area contributed by atoms with Gasteiger partial charge in [-0.15, -0.1) is 0 Å². The lowest BCUT2D eigenvalue weighted by Crippen LogP contribution is -2.40. The third-order valence-electron chi connectivity index (χ3n) is 6.85. The second-order valence-corrected chi connectivity index (χ2v) is 9.25. The molecular formula is C29H38N6O2. The number of carbonyl (C=O) groups excluding carboxylic acids is 1. The standard InChI is InChI=1S/C29H38N6O2/c1-4-33(5-2)21-26(36)34(20-22-12-7-6-8-13-22)17-11-18-35-25(16-19-37-3)32-27-28(35)23-14-9-10-15-24(23)31-29(27)30/h6-10,12-15H,4-5,11,16-21H2,1-3H3,(H2,30,31). The van der Waals surface area contributed by atoms with Crippen molar-refractivity contribution in [1.29, 1.82) is 0 Å². The van der Waals surface area contributed by atoms with Gasteiger partial charge in [-0.05, 0) is 31.1 Å². The second-order valence-electron chi connectivity index (χ2n) is 9.25. The molecule has 0 bridgehead atoms. The molecule has 196 valence electrons. The number of hydrogen-bond acceptors (Lipinski definition) is 6. The maximum absolute atomic E-state index is 13.3. The van der Waals surface area contributed by atoms with Gasteiger partial charge in [0.15, 0.2) is 5.82 Å². The number of nitrogens with two attached hydrogens (primary N) is 1. The number of benzene rings is 2. The number of methoxy groups -OCH3 is 1. The Morgan fingerprint density at radius 1 is 1.03 bits per heavy atom. The molecule has 2 aromatic carbocycles. The van der Waals surface area contributed by atoms with E-state index in [4.69, 9.17) is 15.5 Å². The molecule has 8 heteroatoms. The number of imidazole rings is 1. The van der Waals surface area contributed by atoms with Crippen LogP contribution >= 0.6 is 0 Å². The average Bonchev–Trinajstić information content (AvgIpc) is 3.29. The van der Waals surface area contributed by atoms with Crippen LogP contribution in [-0.2, 0) is 29.0 Å². The number of carbonyl (C=O) groups is 1. The van der Waals surface area contributed by atoms with E-state index in [0.29, 0.717) is 45.0 Å². The molecule has 0 aliphatic rings. The Labute approximate surface area is 219 Å². The number of pyridine rings is 1. The first-order valence-electron chi connectivity index (χ1n) is 13.1. The summed E-state index contributed by atoms with van der Waals surface area (Å²) >= 11 is 0. The van der Waals surface area contributed by atoms with Crippen LogP contribution in [-0.4, -0.2) is 70.1 Å². The van der Waals surface area contributed by atoms with Crippen LogP contribution in [0.2, 0.25) is 0 Å². The zero-order valence-electron chi connectivity index (χ0n) is 22.2. The summed E-state index contributed by atoms with van der Waals surface area (Å²) in [4.78, 5) is 26.9. The smallest absolute Gasteiger partial charge is 0.237 e. The number of rotatable bonds is 13. The first kappa shape index (κ1) is 26.6. The maximum atomic E-state index is 13.3. The van der Waals surface area contributed by atoms with Crippen LogP contribution < -0.4 is 5.73 Å². The molecular weight excluding hydrogens is 464 g/mol. The van der Waals surface area contributed by atoms with E-state index in [1.807, 2.05) is 41.3 Å². The number of aromatic nitrogens is 3. The summed E-state index contributed by atoms with van der Waals surface area (Å²) in [5.41, 5.74) is 10.0. The van der Waals surface area contributed by atoms with Crippen LogP contribution in [0.15, 0.2) is 54.6 Å². The summed E-state index contributed by atoms with van der Waals surface area (Å²) in [6, 6.07) is 18.2. The predicted molar refractivity (Wildman–Crippen MR) is 149 cm³/mol. The van der Waals surface area contributed by atoms with Gasteiger partial charge in [-0.1, -0.05) is 62.4 Å². The SMILES string of the molecule is CCN(CC)CC(=O)N(CCCn1c(CCOC)nc2c(N)nc3ccccc3c21)Cc1ccccc1. The van der Waals surface area contributed by atoms with Crippen LogP contribution in [0, 0.1) is 0 Å². The Bertz CT molecular complexity index is 1320. The maximum Gasteiger partial charge on any atom is 0.237 e. The molecule has 0 spiro atoms. The molecule has 0 aliphatic heterocycles. The molecule has 1 amide bonds. The molecule has 2 N–H and O–H groups in total. The van der Waals surface area contributed by atoms with Crippen molar-refractivity contribution in [3.63, 3.8) is 0 Å². The van der Waals surface area contributed by atoms with Gasteiger partial charge in [-0.3, -0.25) is 9.69 Å². The van der Waals surface area contributed by atoms with Gasteiger partial charge >= 0.3 is 0 Å². The quantitative estimate of drug-likeness (QED) is 0.296. The molecule has 0 unspecified atom stereocenters. The van der Waals surface area contributed by atoms with Crippen LogP contribution in [0.1, 0.15) is 31.7 Å². The van der Waals surface area contributed by atoms with Gasteiger partial charge < -0.3 is 19.9 Å². The molecule has 0 atom stereocenters. The molecule has 0 saturated heterocycles. The van der Waals surface area contributed by atoms with E-state index >= 15 is 0 Å². The number of likely N-dealkylation sites (N-methyl/N-ethyl adjacent to an activating group) is 1. The van der Waals surface area contributed by atoms with Crippen molar-refractivity contribution in [2.45, 2.75) is 39.8 Å². The molecule has 0 fully saturated rings. The van der Waals surface area contributed by atoms with Gasteiger partial charge in [0.25, 0.3) is 0 Å². The fourth-order valence-electron chi connectivity index (χ4n) is 4.78. The number of nitrogens with zero attached hydrogens (tertiary/aromatic N) is 5. The highest BCUT2D eigenvalue weighted by Crippen LogP contribution is 2.29. The lowest BCUT2D eigenvalue weighted by atomic mass is 10.2. The van der Waals surface area contributed by atoms with Crippen LogP contribution in [0.3, 0.4) is 0 Å². The lowest BCUT2D eigenvalue weighted by molar-refractivity contribution is -0.133. The molecule has 2 heterocycles. The monoisotopic (exact) mass is 502 g/mol. The Hall–Kier alpha value is -3.49. The summed E-state index contributed by atoms with van der Waals surface area (Å²) in [5, 5.41) is 1.03. The Balaban J connectivity index is 1.61. The topological polar surface area (TPSA) is 89.5 Å². The van der Waals surface area contributed by atoms with Crippen molar-refractivity contribution in [3.8, 4) is 0 Å². The number of nitrogen functional groups attached to an aromatic ring is 1. The zero-order chi connectivity index (χ0) is 26.2. The molecule has 2 aromatic heterocycles. The van der Waals surface area contributed by atoms with E-state index in [0.717, 1.165) is 52.8 Å². The normalized spacial score (nSPS) is 11.6. The minimum absolute atomic E-state index is 0.154. The van der Waals surface area contributed by atoms with Gasteiger partial charge in [0.2, 0.25) is 5.91 Å². The number of fused-ring (bicyclic) bond motifs is 3. The third kappa shape index (κ3) is 6.26. The van der Waals surface area contributed by atoms with Gasteiger partial charge in [0, 0.05) is 38.6 Å². The summed E-state index contributed by atoms with van der Waals surface area (Å²) in [6.45, 7) is 8.86. The first-order chi connectivity index (χ1) is 18.0. The van der Waals surface area contributed by atoms with Crippen molar-refractivity contribution in [1.82, 2.24) is 24.3 Å². The van der Waals surface area contributed by atoms with Gasteiger partial charge in [-0.25, -0.2) is 9.97 Å². The Morgan fingerprint density at radius 2 is 1.76 bits per heavy atom. The van der Waals surface area contributed by atoms with Gasteiger partial charge in [0.1, 0.15) is 11.3 Å². The second kappa shape index (κ2) is 12.7. The average molecular weight is 503 g/mol. The van der Waals surface area contributed by atoms with Crippen LogP contribution in [0.5, 0.6) is 0 Å². The van der Waals surface area contributed by atoms with Crippen molar-refractivity contribution >= 4 is 33.7 Å². The van der Waals surface area contributed by atoms with Gasteiger partial charge in [0.05, 0.1) is 24.2 Å².